The Balaban J connectivity index is 1.43. The fourth-order valence-corrected chi connectivity index (χ4v) is 5.25. The second-order valence-electron chi connectivity index (χ2n) is 10.6. The van der Waals surface area contributed by atoms with Crippen molar-refractivity contribution in [1.29, 1.82) is 0 Å². The van der Waals surface area contributed by atoms with Gasteiger partial charge in [0.1, 0.15) is 11.4 Å². The predicted octanol–water partition coefficient (Wildman–Crippen LogP) is 4.26. The summed E-state index contributed by atoms with van der Waals surface area (Å²) in [6.07, 6.45) is 6.21. The molecule has 2 aliphatic rings. The molecule has 0 unspecified atom stereocenters. The fraction of sp³-hybridized carbons (Fsp3) is 0.444. The van der Waals surface area contributed by atoms with Gasteiger partial charge < -0.3 is 25.2 Å². The maximum atomic E-state index is 13.2. The van der Waals surface area contributed by atoms with Crippen LogP contribution in [0.25, 0.3) is 0 Å². The van der Waals surface area contributed by atoms with Crippen molar-refractivity contribution in [2.24, 2.45) is 5.41 Å². The Morgan fingerprint density at radius 1 is 1.21 bits per heavy atom. The standard InChI is InChI=1S/C27H34N8O3/c1-16-12-22(33-32-16)30-24(36)17-10-11-19(21(13-17)38-5)29-26-28-14-20-23(31-26)35(18-8-6-7-9-18)15-27(2,3)25(37)34(20)4/h10-14,18H,6-9,15H2,1-5H3,(H,28,29,31)(H2,30,32,33,36). The molecular formula is C27H34N8O3. The zero-order chi connectivity index (χ0) is 27.0. The van der Waals surface area contributed by atoms with E-state index in [-0.39, 0.29) is 11.8 Å². The molecule has 1 aromatic carbocycles. The molecule has 3 aromatic rings. The predicted molar refractivity (Wildman–Crippen MR) is 146 cm³/mol. The number of aromatic amines is 1. The second-order valence-corrected chi connectivity index (χ2v) is 10.6. The highest BCUT2D eigenvalue weighted by Crippen LogP contribution is 2.40. The van der Waals surface area contributed by atoms with Crippen molar-refractivity contribution < 1.29 is 14.3 Å². The Bertz CT molecular complexity index is 1360. The topological polar surface area (TPSA) is 128 Å². The van der Waals surface area contributed by atoms with Gasteiger partial charge in [-0.3, -0.25) is 14.7 Å². The van der Waals surface area contributed by atoms with Crippen LogP contribution in [0.15, 0.2) is 30.5 Å². The third kappa shape index (κ3) is 4.88. The van der Waals surface area contributed by atoms with Gasteiger partial charge in [-0.15, -0.1) is 0 Å². The van der Waals surface area contributed by atoms with Gasteiger partial charge in [-0.05, 0) is 51.8 Å². The Labute approximate surface area is 222 Å². The molecule has 1 saturated carbocycles. The second kappa shape index (κ2) is 9.96. The summed E-state index contributed by atoms with van der Waals surface area (Å²) in [5.41, 5.74) is 2.03. The fourth-order valence-electron chi connectivity index (χ4n) is 5.25. The number of nitrogens with zero attached hydrogens (tertiary/aromatic N) is 5. The molecule has 0 radical (unpaired) electrons. The molecule has 5 rings (SSSR count). The van der Waals surface area contributed by atoms with Gasteiger partial charge in [0.05, 0.1) is 24.4 Å². The van der Waals surface area contributed by atoms with Crippen LogP contribution >= 0.6 is 0 Å². The zero-order valence-electron chi connectivity index (χ0n) is 22.5. The van der Waals surface area contributed by atoms with Crippen molar-refractivity contribution in [2.45, 2.75) is 52.5 Å². The van der Waals surface area contributed by atoms with Crippen LogP contribution in [0.5, 0.6) is 5.75 Å². The molecule has 0 atom stereocenters. The van der Waals surface area contributed by atoms with Gasteiger partial charge in [0.15, 0.2) is 11.6 Å². The molecule has 3 N–H and O–H groups in total. The van der Waals surface area contributed by atoms with Crippen molar-refractivity contribution in [3.63, 3.8) is 0 Å². The van der Waals surface area contributed by atoms with Crippen molar-refractivity contribution in [2.75, 3.05) is 41.1 Å². The Hall–Kier alpha value is -4.15. The highest BCUT2D eigenvalue weighted by molar-refractivity contribution is 6.04. The molecule has 0 spiro atoms. The number of carbonyl (C=O) groups excluding carboxylic acids is 2. The van der Waals surface area contributed by atoms with Crippen LogP contribution < -0.4 is 25.2 Å². The molecule has 0 saturated heterocycles. The summed E-state index contributed by atoms with van der Waals surface area (Å²) in [4.78, 5) is 39.3. The first-order valence-corrected chi connectivity index (χ1v) is 12.9. The molecule has 0 bridgehead atoms. The first-order chi connectivity index (χ1) is 18.2. The average molecular weight is 519 g/mol. The number of nitrogens with one attached hydrogen (secondary N) is 3. The summed E-state index contributed by atoms with van der Waals surface area (Å²) in [5.74, 6) is 1.80. The lowest BCUT2D eigenvalue weighted by molar-refractivity contribution is -0.125. The van der Waals surface area contributed by atoms with Gasteiger partial charge in [0.25, 0.3) is 5.91 Å². The number of benzene rings is 1. The highest BCUT2D eigenvalue weighted by Gasteiger charge is 2.41. The summed E-state index contributed by atoms with van der Waals surface area (Å²) >= 11 is 0. The summed E-state index contributed by atoms with van der Waals surface area (Å²) in [6, 6.07) is 7.19. The van der Waals surface area contributed by atoms with Crippen LogP contribution in [0.1, 0.15) is 55.6 Å². The van der Waals surface area contributed by atoms with Crippen LogP contribution in [0.4, 0.5) is 29.0 Å². The van der Waals surface area contributed by atoms with Crippen LogP contribution in [-0.4, -0.2) is 58.7 Å². The molecule has 2 amide bonds. The SMILES string of the molecule is COc1cc(C(=O)Nc2cc(C)[nH]n2)ccc1Nc1ncc2c(n1)N(C1CCCC1)CC(C)(C)C(=O)N2C. The minimum Gasteiger partial charge on any atom is -0.495 e. The number of aryl methyl sites for hydroxylation is 1. The summed E-state index contributed by atoms with van der Waals surface area (Å²) in [6.45, 7) is 6.43. The third-order valence-electron chi connectivity index (χ3n) is 7.26. The average Bonchev–Trinajstić information content (AvgIpc) is 3.57. The number of rotatable bonds is 6. The molecule has 200 valence electrons. The van der Waals surface area contributed by atoms with Crippen LogP contribution in [0.2, 0.25) is 0 Å². The number of carbonyl (C=O) groups is 2. The van der Waals surface area contributed by atoms with Crippen molar-refractivity contribution in [1.82, 2.24) is 20.2 Å². The van der Waals surface area contributed by atoms with E-state index in [1.807, 2.05) is 20.8 Å². The van der Waals surface area contributed by atoms with Gasteiger partial charge in [0, 0.05) is 37.0 Å². The maximum Gasteiger partial charge on any atom is 0.257 e. The lowest BCUT2D eigenvalue weighted by atomic mass is 9.91. The first-order valence-electron chi connectivity index (χ1n) is 12.9. The van der Waals surface area contributed by atoms with Crippen LogP contribution in [0, 0.1) is 12.3 Å². The van der Waals surface area contributed by atoms with Crippen molar-refractivity contribution >= 4 is 40.8 Å². The van der Waals surface area contributed by atoms with Gasteiger partial charge in [-0.25, -0.2) is 4.98 Å². The van der Waals surface area contributed by atoms with Crippen LogP contribution in [0.3, 0.4) is 0 Å². The molecule has 1 aliphatic carbocycles. The van der Waals surface area contributed by atoms with E-state index in [1.165, 1.54) is 12.8 Å². The number of ether oxygens (including phenoxy) is 1. The molecule has 11 heteroatoms. The van der Waals surface area contributed by atoms with Crippen molar-refractivity contribution in [3.8, 4) is 5.75 Å². The van der Waals surface area contributed by atoms with Gasteiger partial charge >= 0.3 is 0 Å². The Morgan fingerprint density at radius 2 is 1.97 bits per heavy atom. The number of anilines is 5. The normalized spacial score (nSPS) is 17.2. The Morgan fingerprint density at radius 3 is 2.66 bits per heavy atom. The minimum atomic E-state index is -0.556. The lowest BCUT2D eigenvalue weighted by Crippen LogP contribution is -2.45. The Kier molecular flexibility index (Phi) is 6.68. The summed E-state index contributed by atoms with van der Waals surface area (Å²) in [5, 5.41) is 12.9. The number of amides is 2. The summed E-state index contributed by atoms with van der Waals surface area (Å²) in [7, 11) is 3.33. The number of fused-ring (bicyclic) bond motifs is 1. The summed E-state index contributed by atoms with van der Waals surface area (Å²) < 4.78 is 5.57. The number of hydrogen-bond acceptors (Lipinski definition) is 8. The van der Waals surface area contributed by atoms with E-state index >= 15 is 0 Å². The van der Waals surface area contributed by atoms with E-state index in [2.05, 4.69) is 30.7 Å². The number of methoxy groups -OCH3 is 1. The molecular weight excluding hydrogens is 484 g/mol. The first kappa shape index (κ1) is 25.5. The molecule has 1 aliphatic heterocycles. The number of H-pyrrole nitrogens is 1. The van der Waals surface area contributed by atoms with E-state index in [4.69, 9.17) is 9.72 Å². The third-order valence-corrected chi connectivity index (χ3v) is 7.26. The molecule has 11 nitrogen and oxygen atoms in total. The molecule has 3 heterocycles. The van der Waals surface area contributed by atoms with Gasteiger partial charge in [-0.1, -0.05) is 12.8 Å². The zero-order valence-corrected chi connectivity index (χ0v) is 22.5. The smallest absolute Gasteiger partial charge is 0.257 e. The lowest BCUT2D eigenvalue weighted by Gasteiger charge is -2.34. The maximum absolute atomic E-state index is 13.2. The molecule has 1 fully saturated rings. The van der Waals surface area contributed by atoms with Crippen LogP contribution in [-0.2, 0) is 4.79 Å². The number of hydrogen-bond donors (Lipinski definition) is 3. The number of aromatic nitrogens is 4. The molecule has 38 heavy (non-hydrogen) atoms. The largest absolute Gasteiger partial charge is 0.495 e. The minimum absolute atomic E-state index is 0.0455. The highest BCUT2D eigenvalue weighted by atomic mass is 16.5. The monoisotopic (exact) mass is 518 g/mol. The van der Waals surface area contributed by atoms with E-state index in [1.54, 1.807) is 49.5 Å². The van der Waals surface area contributed by atoms with Crippen molar-refractivity contribution in [3.05, 3.63) is 41.7 Å². The van der Waals surface area contributed by atoms with E-state index < -0.39 is 5.41 Å². The van der Waals surface area contributed by atoms with E-state index in [0.29, 0.717) is 47.0 Å². The molecule has 2 aromatic heterocycles. The van der Waals surface area contributed by atoms with Gasteiger partial charge in [-0.2, -0.15) is 10.1 Å². The van der Waals surface area contributed by atoms with Gasteiger partial charge in [0.2, 0.25) is 11.9 Å². The van der Waals surface area contributed by atoms with E-state index in [0.717, 1.165) is 24.4 Å². The van der Waals surface area contributed by atoms with E-state index in [9.17, 15) is 9.59 Å². The quantitative estimate of drug-likeness (QED) is 0.442.